The average molecular weight is 296 g/mol. The van der Waals surface area contributed by atoms with E-state index in [4.69, 9.17) is 13.7 Å². The summed E-state index contributed by atoms with van der Waals surface area (Å²) in [6.45, 7) is 3.33. The number of hydrogen-bond acceptors (Lipinski definition) is 5. The lowest BCUT2D eigenvalue weighted by Gasteiger charge is -1.99. The number of rotatable bonds is 3. The molecule has 3 aromatic rings. The van der Waals surface area contributed by atoms with Crippen molar-refractivity contribution >= 4 is 0 Å². The molecule has 1 atom stereocenters. The second-order valence-corrected chi connectivity index (χ2v) is 5.48. The first-order valence-corrected chi connectivity index (χ1v) is 7.39. The Balaban J connectivity index is 1.74. The van der Waals surface area contributed by atoms with Crippen molar-refractivity contribution in [1.82, 2.24) is 10.1 Å². The van der Waals surface area contributed by atoms with Gasteiger partial charge in [-0.15, -0.1) is 0 Å². The monoisotopic (exact) mass is 296 g/mol. The van der Waals surface area contributed by atoms with E-state index in [1.54, 1.807) is 0 Å². The van der Waals surface area contributed by atoms with Crippen LogP contribution in [0.1, 0.15) is 23.9 Å². The van der Waals surface area contributed by atoms with E-state index in [0.29, 0.717) is 18.3 Å². The Labute approximate surface area is 127 Å². The summed E-state index contributed by atoms with van der Waals surface area (Å²) >= 11 is 0. The SMILES string of the molecule is Cc1cc(-c2nc(C3CCOC3)no2)c(-c2ccccc2)o1. The maximum absolute atomic E-state index is 5.84. The molecule has 0 radical (unpaired) electrons. The predicted octanol–water partition coefficient (Wildman–Crippen LogP) is 3.81. The fraction of sp³-hybridized carbons (Fsp3) is 0.294. The van der Waals surface area contributed by atoms with Gasteiger partial charge < -0.3 is 13.7 Å². The Hall–Kier alpha value is -2.40. The first-order chi connectivity index (χ1) is 10.8. The molecule has 0 spiro atoms. The lowest BCUT2D eigenvalue weighted by atomic mass is 10.1. The zero-order valence-corrected chi connectivity index (χ0v) is 12.3. The van der Waals surface area contributed by atoms with Crippen molar-refractivity contribution < 1.29 is 13.7 Å². The molecule has 5 nitrogen and oxygen atoms in total. The van der Waals surface area contributed by atoms with Crippen molar-refractivity contribution in [3.63, 3.8) is 0 Å². The molecule has 5 heteroatoms. The average Bonchev–Trinajstić information content (AvgIpc) is 3.27. The third-order valence-corrected chi connectivity index (χ3v) is 3.86. The van der Waals surface area contributed by atoms with Crippen LogP contribution in [-0.4, -0.2) is 23.4 Å². The zero-order valence-electron chi connectivity index (χ0n) is 12.3. The molecule has 1 aromatic carbocycles. The molecule has 0 N–H and O–H groups in total. The fourth-order valence-electron chi connectivity index (χ4n) is 2.73. The van der Waals surface area contributed by atoms with E-state index in [1.165, 1.54) is 0 Å². The van der Waals surface area contributed by atoms with Gasteiger partial charge in [0.05, 0.1) is 12.2 Å². The van der Waals surface area contributed by atoms with E-state index >= 15 is 0 Å². The number of nitrogens with zero attached hydrogens (tertiary/aromatic N) is 2. The highest BCUT2D eigenvalue weighted by molar-refractivity contribution is 5.76. The molecule has 1 aliphatic heterocycles. The highest BCUT2D eigenvalue weighted by Crippen LogP contribution is 2.35. The summed E-state index contributed by atoms with van der Waals surface area (Å²) in [5.41, 5.74) is 1.83. The van der Waals surface area contributed by atoms with Crippen molar-refractivity contribution in [3.8, 4) is 22.8 Å². The molecular weight excluding hydrogens is 280 g/mol. The van der Waals surface area contributed by atoms with Gasteiger partial charge in [0, 0.05) is 18.1 Å². The molecule has 22 heavy (non-hydrogen) atoms. The Morgan fingerprint density at radius 1 is 1.18 bits per heavy atom. The molecule has 1 saturated heterocycles. The van der Waals surface area contributed by atoms with Crippen molar-refractivity contribution in [1.29, 1.82) is 0 Å². The lowest BCUT2D eigenvalue weighted by Crippen LogP contribution is -1.99. The van der Waals surface area contributed by atoms with Crippen molar-refractivity contribution in [2.75, 3.05) is 13.2 Å². The first kappa shape index (κ1) is 13.3. The van der Waals surface area contributed by atoms with Gasteiger partial charge in [-0.05, 0) is 19.4 Å². The third-order valence-electron chi connectivity index (χ3n) is 3.86. The maximum Gasteiger partial charge on any atom is 0.261 e. The number of ether oxygens (including phenoxy) is 1. The molecule has 4 rings (SSSR count). The highest BCUT2D eigenvalue weighted by atomic mass is 16.5. The molecule has 0 saturated carbocycles. The number of benzene rings is 1. The molecule has 112 valence electrons. The van der Waals surface area contributed by atoms with E-state index in [9.17, 15) is 0 Å². The van der Waals surface area contributed by atoms with Crippen LogP contribution in [0, 0.1) is 6.92 Å². The Kier molecular flexibility index (Phi) is 3.27. The summed E-state index contributed by atoms with van der Waals surface area (Å²) in [5, 5.41) is 4.11. The Morgan fingerprint density at radius 2 is 2.05 bits per heavy atom. The maximum atomic E-state index is 5.84. The smallest absolute Gasteiger partial charge is 0.261 e. The van der Waals surface area contributed by atoms with Crippen LogP contribution < -0.4 is 0 Å². The molecule has 1 aliphatic rings. The van der Waals surface area contributed by atoms with Crippen molar-refractivity contribution in [3.05, 3.63) is 48.0 Å². The van der Waals surface area contributed by atoms with Crippen LogP contribution in [0.2, 0.25) is 0 Å². The second-order valence-electron chi connectivity index (χ2n) is 5.48. The van der Waals surface area contributed by atoms with Gasteiger partial charge in [-0.3, -0.25) is 0 Å². The predicted molar refractivity (Wildman–Crippen MR) is 80.4 cm³/mol. The topological polar surface area (TPSA) is 61.3 Å². The van der Waals surface area contributed by atoms with Crippen molar-refractivity contribution in [2.45, 2.75) is 19.3 Å². The van der Waals surface area contributed by atoms with Gasteiger partial charge in [-0.1, -0.05) is 35.5 Å². The summed E-state index contributed by atoms with van der Waals surface area (Å²) in [7, 11) is 0. The minimum Gasteiger partial charge on any atom is -0.461 e. The van der Waals surface area contributed by atoms with E-state index in [0.717, 1.165) is 35.7 Å². The number of aromatic nitrogens is 2. The van der Waals surface area contributed by atoms with E-state index in [2.05, 4.69) is 10.1 Å². The Bertz CT molecular complexity index is 770. The summed E-state index contributed by atoms with van der Waals surface area (Å²) < 4.78 is 16.7. The van der Waals surface area contributed by atoms with Gasteiger partial charge in [0.1, 0.15) is 11.5 Å². The second kappa shape index (κ2) is 5.42. The first-order valence-electron chi connectivity index (χ1n) is 7.39. The summed E-state index contributed by atoms with van der Waals surface area (Å²) in [4.78, 5) is 4.54. The van der Waals surface area contributed by atoms with Crippen LogP contribution in [-0.2, 0) is 4.74 Å². The van der Waals surface area contributed by atoms with Crippen LogP contribution in [0.5, 0.6) is 0 Å². The van der Waals surface area contributed by atoms with Gasteiger partial charge in [0.15, 0.2) is 5.82 Å². The summed E-state index contributed by atoms with van der Waals surface area (Å²) in [6.07, 6.45) is 0.939. The number of hydrogen-bond donors (Lipinski definition) is 0. The van der Waals surface area contributed by atoms with E-state index < -0.39 is 0 Å². The van der Waals surface area contributed by atoms with Gasteiger partial charge in [0.25, 0.3) is 5.89 Å². The quantitative estimate of drug-likeness (QED) is 0.735. The highest BCUT2D eigenvalue weighted by Gasteiger charge is 2.25. The molecule has 0 aliphatic carbocycles. The largest absolute Gasteiger partial charge is 0.461 e. The molecular formula is C17H16N2O3. The van der Waals surface area contributed by atoms with Crippen molar-refractivity contribution in [2.24, 2.45) is 0 Å². The third kappa shape index (κ3) is 2.33. The zero-order chi connectivity index (χ0) is 14.9. The van der Waals surface area contributed by atoms with Gasteiger partial charge in [-0.25, -0.2) is 0 Å². The van der Waals surface area contributed by atoms with Gasteiger partial charge in [-0.2, -0.15) is 4.98 Å². The minimum atomic E-state index is 0.227. The normalized spacial score (nSPS) is 18.0. The van der Waals surface area contributed by atoms with Crippen LogP contribution in [0.25, 0.3) is 22.8 Å². The molecule has 3 heterocycles. The van der Waals surface area contributed by atoms with Gasteiger partial charge >= 0.3 is 0 Å². The molecule has 1 fully saturated rings. The number of furan rings is 1. The van der Waals surface area contributed by atoms with Crippen LogP contribution in [0.15, 0.2) is 45.3 Å². The fourth-order valence-corrected chi connectivity index (χ4v) is 2.73. The van der Waals surface area contributed by atoms with Crippen LogP contribution >= 0.6 is 0 Å². The summed E-state index contributed by atoms with van der Waals surface area (Å²) in [6, 6.07) is 11.9. The van der Waals surface area contributed by atoms with E-state index in [1.807, 2.05) is 43.3 Å². The summed E-state index contributed by atoms with van der Waals surface area (Å²) in [5.74, 6) is 3.02. The number of aryl methyl sites for hydroxylation is 1. The van der Waals surface area contributed by atoms with Gasteiger partial charge in [0.2, 0.25) is 0 Å². The minimum absolute atomic E-state index is 0.227. The van der Waals surface area contributed by atoms with E-state index in [-0.39, 0.29) is 5.92 Å². The Morgan fingerprint density at radius 3 is 2.82 bits per heavy atom. The van der Waals surface area contributed by atoms with Crippen LogP contribution in [0.3, 0.4) is 0 Å². The van der Waals surface area contributed by atoms with Crippen LogP contribution in [0.4, 0.5) is 0 Å². The molecule has 2 aromatic heterocycles. The molecule has 0 amide bonds. The molecule has 0 bridgehead atoms. The molecule has 1 unspecified atom stereocenters. The lowest BCUT2D eigenvalue weighted by molar-refractivity contribution is 0.192. The standard InChI is InChI=1S/C17H16N2O3/c1-11-9-14(15(21-11)12-5-3-2-4-6-12)17-18-16(19-22-17)13-7-8-20-10-13/h2-6,9,13H,7-8,10H2,1H3.